The topological polar surface area (TPSA) is 61.6 Å². The number of methoxy groups -OCH3 is 1. The summed E-state index contributed by atoms with van der Waals surface area (Å²) in [7, 11) is 1.62. The molecule has 5 nitrogen and oxygen atoms in total. The van der Waals surface area contributed by atoms with Gasteiger partial charge in [0.15, 0.2) is 0 Å². The molecule has 0 aliphatic rings. The van der Waals surface area contributed by atoms with E-state index < -0.39 is 25.0 Å². The van der Waals surface area contributed by atoms with Crippen molar-refractivity contribution in [2.75, 3.05) is 7.11 Å². The van der Waals surface area contributed by atoms with Gasteiger partial charge in [-0.15, -0.1) is 0 Å². The molecule has 0 fully saturated rings. The molecule has 0 radical (unpaired) electrons. The number of nitrogens with zero attached hydrogens (tertiary/aromatic N) is 1. The number of aryl methyl sites for hydroxylation is 1. The third-order valence-electron chi connectivity index (χ3n) is 2.57. The summed E-state index contributed by atoms with van der Waals surface area (Å²) in [4.78, 5) is 15.3. The van der Waals surface area contributed by atoms with Crippen LogP contribution in [0, 0.1) is 6.92 Å². The first-order valence-electron chi connectivity index (χ1n) is 5.84. The Morgan fingerprint density at radius 1 is 1.32 bits per heavy atom. The van der Waals surface area contributed by atoms with Crippen molar-refractivity contribution in [3.63, 3.8) is 0 Å². The Kier molecular flexibility index (Phi) is 4.58. The molecular formula is C13H13HgNO4. The Balaban J connectivity index is 2.29. The fraction of sp³-hybridized carbons (Fsp3) is 0.231. The van der Waals surface area contributed by atoms with Crippen molar-refractivity contribution < 1.29 is 41.6 Å². The van der Waals surface area contributed by atoms with Crippen LogP contribution in [0.25, 0.3) is 11.3 Å². The van der Waals surface area contributed by atoms with E-state index in [4.69, 9.17) is 11.8 Å². The number of benzene rings is 1. The molecule has 0 saturated heterocycles. The van der Waals surface area contributed by atoms with Gasteiger partial charge in [0.25, 0.3) is 0 Å². The predicted octanol–water partition coefficient (Wildman–Crippen LogP) is 1.84. The second-order valence-corrected chi connectivity index (χ2v) is 8.75. The van der Waals surface area contributed by atoms with E-state index in [1.54, 1.807) is 14.0 Å². The normalized spacial score (nSPS) is 9.84. The first-order valence-corrected chi connectivity index (χ1v) is 10.8. The minimum atomic E-state index is -2.03. The number of hydrogen-bond acceptors (Lipinski definition) is 5. The molecule has 1 heterocycles. The Bertz CT molecular complexity index is 577. The van der Waals surface area contributed by atoms with E-state index in [1.165, 1.54) is 6.92 Å². The van der Waals surface area contributed by atoms with Crippen LogP contribution in [0.4, 0.5) is 0 Å². The number of carbonyl (C=O) groups is 1. The molecule has 0 aliphatic carbocycles. The van der Waals surface area contributed by atoms with E-state index in [2.05, 4.69) is 4.98 Å². The molecule has 0 aliphatic heterocycles. The monoisotopic (exact) mass is 449 g/mol. The van der Waals surface area contributed by atoms with Crippen molar-refractivity contribution in [2.45, 2.75) is 13.8 Å². The summed E-state index contributed by atoms with van der Waals surface area (Å²) < 4.78 is 16.6. The minimum absolute atomic E-state index is 0.253. The summed E-state index contributed by atoms with van der Waals surface area (Å²) in [6.45, 7) is 3.20. The zero-order chi connectivity index (χ0) is 13.8. The zero-order valence-electron chi connectivity index (χ0n) is 11.1. The average molecular weight is 448 g/mol. The molecule has 96 valence electrons. The van der Waals surface area contributed by atoms with Crippen molar-refractivity contribution in [1.29, 1.82) is 0 Å². The van der Waals surface area contributed by atoms with E-state index in [9.17, 15) is 4.79 Å². The second-order valence-electron chi connectivity index (χ2n) is 4.01. The Labute approximate surface area is 124 Å². The van der Waals surface area contributed by atoms with Crippen LogP contribution in [0.3, 0.4) is 0 Å². The Morgan fingerprint density at radius 3 is 2.58 bits per heavy atom. The number of rotatable bonds is 4. The maximum atomic E-state index is 10.9. The summed E-state index contributed by atoms with van der Waals surface area (Å²) >= 11 is -2.03. The summed E-state index contributed by atoms with van der Waals surface area (Å²) in [5.41, 5.74) is 1.72. The molecule has 0 saturated carbocycles. The first-order chi connectivity index (χ1) is 9.10. The van der Waals surface area contributed by atoms with Gasteiger partial charge in [0.2, 0.25) is 0 Å². The fourth-order valence-corrected chi connectivity index (χ4v) is 5.68. The van der Waals surface area contributed by atoms with Gasteiger partial charge in [0.05, 0.1) is 0 Å². The molecule has 0 amide bonds. The van der Waals surface area contributed by atoms with Crippen LogP contribution in [0.1, 0.15) is 12.8 Å². The van der Waals surface area contributed by atoms with Gasteiger partial charge in [0.1, 0.15) is 0 Å². The summed E-state index contributed by atoms with van der Waals surface area (Å²) in [5.74, 6) is 1.12. The molecule has 1 aromatic heterocycles. The number of ether oxygens (including phenoxy) is 1. The quantitative estimate of drug-likeness (QED) is 0.669. The number of carbonyl (C=O) groups excluding carboxylic acids is 1. The van der Waals surface area contributed by atoms with Gasteiger partial charge in [-0.25, -0.2) is 0 Å². The van der Waals surface area contributed by atoms with Gasteiger partial charge in [-0.2, -0.15) is 0 Å². The van der Waals surface area contributed by atoms with E-state index in [0.29, 0.717) is 5.89 Å². The van der Waals surface area contributed by atoms with Crippen LogP contribution in [-0.4, -0.2) is 18.1 Å². The Morgan fingerprint density at radius 2 is 2.00 bits per heavy atom. The van der Waals surface area contributed by atoms with Gasteiger partial charge < -0.3 is 0 Å². The second kappa shape index (κ2) is 6.19. The average Bonchev–Trinajstić information content (AvgIpc) is 2.78. The molecule has 6 heteroatoms. The summed E-state index contributed by atoms with van der Waals surface area (Å²) in [6.07, 6.45) is 0. The molecule has 2 rings (SSSR count). The van der Waals surface area contributed by atoms with Crippen LogP contribution < -0.4 is 8.01 Å². The predicted molar refractivity (Wildman–Crippen MR) is 64.6 cm³/mol. The van der Waals surface area contributed by atoms with Crippen LogP contribution in [0.2, 0.25) is 0 Å². The van der Waals surface area contributed by atoms with Crippen LogP contribution in [0.5, 0.6) is 5.75 Å². The van der Waals surface area contributed by atoms with Gasteiger partial charge in [-0.3, -0.25) is 0 Å². The third kappa shape index (κ3) is 3.56. The van der Waals surface area contributed by atoms with E-state index in [0.717, 1.165) is 20.3 Å². The molecule has 0 atom stereocenters. The molecule has 1 aromatic carbocycles. The summed E-state index contributed by atoms with van der Waals surface area (Å²) in [6, 6.07) is 7.57. The van der Waals surface area contributed by atoms with Crippen molar-refractivity contribution in [3.8, 4) is 17.0 Å². The Hall–Kier alpha value is -1.36. The molecular weight excluding hydrogens is 435 g/mol. The number of oxazole rings is 1. The molecule has 0 spiro atoms. The first kappa shape index (κ1) is 14.1. The fourth-order valence-electron chi connectivity index (χ4n) is 1.71. The van der Waals surface area contributed by atoms with Gasteiger partial charge in [-0.1, -0.05) is 0 Å². The van der Waals surface area contributed by atoms with Crippen molar-refractivity contribution >= 4 is 9.24 Å². The zero-order valence-corrected chi connectivity index (χ0v) is 16.6. The summed E-state index contributed by atoms with van der Waals surface area (Å²) in [5, 5.41) is 0. The standard InChI is InChI=1S/C11H10NO2.C2H4O2.Hg/c1-8-12-11(7-14-8)9-3-5-10(13-2)6-4-9;1-2(3)4;/h3-6H,1-2H3;1H3,(H,3,4);/q;;+1/p-1. The maximum absolute atomic E-state index is 10.9. The van der Waals surface area contributed by atoms with Gasteiger partial charge in [-0.05, 0) is 0 Å². The number of aromatic nitrogens is 1. The van der Waals surface area contributed by atoms with Gasteiger partial charge >= 0.3 is 124 Å². The van der Waals surface area contributed by atoms with Crippen molar-refractivity contribution in [1.82, 2.24) is 4.98 Å². The van der Waals surface area contributed by atoms with E-state index in [1.807, 2.05) is 24.3 Å². The van der Waals surface area contributed by atoms with Crippen molar-refractivity contribution in [2.24, 2.45) is 0 Å². The number of hydrogen-bond donors (Lipinski definition) is 0. The van der Waals surface area contributed by atoms with Gasteiger partial charge in [0, 0.05) is 0 Å². The van der Waals surface area contributed by atoms with Crippen molar-refractivity contribution in [3.05, 3.63) is 30.2 Å². The SMILES string of the molecule is COc1ccc(-c2nc(C)o[c]2[Hg][O]C(C)=O)cc1. The van der Waals surface area contributed by atoms with Crippen LogP contribution in [-0.2, 0) is 32.5 Å². The molecule has 0 bridgehead atoms. The van der Waals surface area contributed by atoms with E-state index >= 15 is 0 Å². The van der Waals surface area contributed by atoms with E-state index in [-0.39, 0.29) is 5.97 Å². The molecule has 19 heavy (non-hydrogen) atoms. The molecule has 0 unspecified atom stereocenters. The van der Waals surface area contributed by atoms with Crippen LogP contribution in [0.15, 0.2) is 28.7 Å². The molecule has 2 aromatic rings. The molecule has 0 N–H and O–H groups in total. The van der Waals surface area contributed by atoms with Crippen LogP contribution >= 0.6 is 0 Å². The third-order valence-corrected chi connectivity index (χ3v) is 7.60.